The molecule has 0 saturated carbocycles. The topological polar surface area (TPSA) is 20.2 Å². The van der Waals surface area contributed by atoms with Gasteiger partial charge in [-0.25, -0.2) is 0 Å². The first-order valence-corrected chi connectivity index (χ1v) is 0.507. The van der Waals surface area contributed by atoms with E-state index < -0.39 is 0 Å². The third-order valence-electron chi connectivity index (χ3n) is 0. The zero-order valence-electron chi connectivity index (χ0n) is 0.825. The van der Waals surface area contributed by atoms with E-state index >= 15 is 0 Å². The van der Waals surface area contributed by atoms with Crippen LogP contribution in [0.4, 0.5) is 0 Å². The van der Waals surface area contributed by atoms with E-state index in [4.69, 9.17) is 4.66 Å². The predicted octanol–water partition coefficient (Wildman–Crippen LogP) is -1.16. The van der Waals surface area contributed by atoms with Crippen LogP contribution in [-0.4, -0.2) is 53.1 Å². The minimum atomic E-state index is 0. The van der Waals surface area contributed by atoms with Crippen molar-refractivity contribution in [2.75, 3.05) is 0 Å². The summed E-state index contributed by atoms with van der Waals surface area (Å²) in [6, 6.07) is 0. The number of rotatable bonds is 0. The fourth-order valence-corrected chi connectivity index (χ4v) is 0. The molecule has 0 aliphatic rings. The predicted molar refractivity (Wildman–Crippen MR) is 22.4 cm³/mol. The molecule has 0 spiro atoms. The van der Waals surface area contributed by atoms with Gasteiger partial charge in [-0.1, -0.05) is 0 Å². The van der Waals surface area contributed by atoms with Crippen molar-refractivity contribution in [1.82, 2.24) is 0 Å². The van der Waals surface area contributed by atoms with Crippen LogP contribution < -0.4 is 0 Å². The molecule has 0 aromatic heterocycles. The van der Waals surface area contributed by atoms with Crippen molar-refractivity contribution in [2.45, 2.75) is 0 Å². The van der Waals surface area contributed by atoms with Crippen LogP contribution in [0.2, 0.25) is 0 Å². The molecule has 1 nitrogen and oxygen atoms in total. The van der Waals surface area contributed by atoms with Gasteiger partial charge >= 0.3 is 48.4 Å². The van der Waals surface area contributed by atoms with Gasteiger partial charge in [0.15, 0.2) is 0 Å². The quantitative estimate of drug-likeness (QED) is 0.367. The molecule has 0 heterocycles. The van der Waals surface area contributed by atoms with Crippen LogP contribution in [0.3, 0.4) is 0 Å². The molecule has 1 N–H and O–H groups in total. The van der Waals surface area contributed by atoms with E-state index in [9.17, 15) is 0 Å². The molecule has 0 saturated heterocycles. The van der Waals surface area contributed by atoms with Crippen molar-refractivity contribution in [3.8, 4) is 0 Å². The molecular formula is H3ClLiNaO. The zero-order valence-corrected chi connectivity index (χ0v) is 1.58. The molecule has 0 radical (unpaired) electrons. The van der Waals surface area contributed by atoms with E-state index in [0.717, 1.165) is 0 Å². The standard InChI is InChI=1S/ClHO.Li.Na.2H/c1-2;;;;/h2H;;;;. The number of hydrogen-bond donors (Lipinski definition) is 1. The van der Waals surface area contributed by atoms with Gasteiger partial charge < -0.3 is 0 Å². The zero-order chi connectivity index (χ0) is 2.00. The van der Waals surface area contributed by atoms with Gasteiger partial charge in [0, 0.05) is 0 Å². The maximum absolute atomic E-state index is 6.47. The molecule has 18 valence electrons. The van der Waals surface area contributed by atoms with Crippen molar-refractivity contribution >= 4 is 60.3 Å². The van der Waals surface area contributed by atoms with Crippen molar-refractivity contribution in [3.05, 3.63) is 0 Å². The van der Waals surface area contributed by atoms with Gasteiger partial charge in [-0.05, 0) is 0 Å². The van der Waals surface area contributed by atoms with Gasteiger partial charge in [0.05, 0.1) is 11.9 Å². The molecule has 4 heteroatoms. The monoisotopic (exact) mass is 84.0 g/mol. The number of hydrogen-bond acceptors (Lipinski definition) is 1. The van der Waals surface area contributed by atoms with Gasteiger partial charge in [-0.3, -0.25) is 4.66 Å². The van der Waals surface area contributed by atoms with Crippen molar-refractivity contribution in [3.63, 3.8) is 0 Å². The molecule has 0 fully saturated rings. The Morgan fingerprint density at radius 1 is 1.25 bits per heavy atom. The van der Waals surface area contributed by atoms with E-state index in [0.29, 0.717) is 0 Å². The van der Waals surface area contributed by atoms with Crippen molar-refractivity contribution < 1.29 is 4.66 Å². The summed E-state index contributed by atoms with van der Waals surface area (Å²) in [6.07, 6.45) is 0. The van der Waals surface area contributed by atoms with Crippen LogP contribution in [0.1, 0.15) is 0 Å². The Labute approximate surface area is 64.4 Å². The summed E-state index contributed by atoms with van der Waals surface area (Å²) in [5.74, 6) is 0. The molecule has 0 aromatic rings. The van der Waals surface area contributed by atoms with Crippen LogP contribution in [0.15, 0.2) is 0 Å². The fraction of sp³-hybridized carbons (Fsp3) is 0. The maximum atomic E-state index is 6.47. The van der Waals surface area contributed by atoms with Gasteiger partial charge in [-0.15, -0.1) is 0 Å². The molecular weight excluding hydrogens is 81.4 g/mol. The Hall–Kier alpha value is 1.85. The van der Waals surface area contributed by atoms with Gasteiger partial charge in [0.25, 0.3) is 0 Å². The van der Waals surface area contributed by atoms with Crippen LogP contribution >= 0.6 is 11.9 Å². The van der Waals surface area contributed by atoms with Gasteiger partial charge in [-0.2, -0.15) is 0 Å². The van der Waals surface area contributed by atoms with Crippen LogP contribution in [0, 0.1) is 0 Å². The van der Waals surface area contributed by atoms with Gasteiger partial charge in [0.1, 0.15) is 0 Å². The Balaban J connectivity index is -0.00000000500. The third-order valence-corrected chi connectivity index (χ3v) is 0. The summed E-state index contributed by atoms with van der Waals surface area (Å²) in [4.78, 5) is 0. The molecule has 0 aliphatic heterocycles. The number of halogens is 1. The second-order valence-electron chi connectivity index (χ2n) is 0. The summed E-state index contributed by atoms with van der Waals surface area (Å²) < 4.78 is 6.47. The van der Waals surface area contributed by atoms with Crippen LogP contribution in [0.5, 0.6) is 0 Å². The Morgan fingerprint density at radius 3 is 1.25 bits per heavy atom. The first-order chi connectivity index (χ1) is 1.00. The SMILES string of the molecule is OCl.[LiH].[NaH]. The van der Waals surface area contributed by atoms with E-state index in [1.165, 1.54) is 0 Å². The van der Waals surface area contributed by atoms with Crippen molar-refractivity contribution in [2.24, 2.45) is 0 Å². The molecule has 0 amide bonds. The summed E-state index contributed by atoms with van der Waals surface area (Å²) >= 11 is 3.64. The average Bonchev–Trinajstić information content (AvgIpc) is 1.00. The minimum absolute atomic E-state index is 0. The molecule has 0 rings (SSSR count). The second-order valence-corrected chi connectivity index (χ2v) is 0. The molecule has 0 atom stereocenters. The molecule has 0 bridgehead atoms. The third kappa shape index (κ3) is 9.14. The Bertz CT molecular complexity index is 8.00. The molecule has 0 aliphatic carbocycles. The van der Waals surface area contributed by atoms with E-state index in [1.54, 1.807) is 0 Å². The molecule has 4 heavy (non-hydrogen) atoms. The summed E-state index contributed by atoms with van der Waals surface area (Å²) in [7, 11) is 0. The normalized spacial score (nSPS) is 1.50. The van der Waals surface area contributed by atoms with Crippen molar-refractivity contribution in [1.29, 1.82) is 0 Å². The Morgan fingerprint density at radius 2 is 1.25 bits per heavy atom. The van der Waals surface area contributed by atoms with E-state index in [2.05, 4.69) is 11.9 Å². The van der Waals surface area contributed by atoms with Gasteiger partial charge in [0.2, 0.25) is 0 Å². The van der Waals surface area contributed by atoms with Crippen LogP contribution in [0.25, 0.3) is 0 Å². The first-order valence-electron chi connectivity index (χ1n) is 0.169. The molecule has 0 unspecified atom stereocenters. The first kappa shape index (κ1) is 16.9. The fourth-order valence-electron chi connectivity index (χ4n) is 0. The second kappa shape index (κ2) is 21.0. The van der Waals surface area contributed by atoms with E-state index in [1.807, 2.05) is 0 Å². The average molecular weight is 84.4 g/mol. The summed E-state index contributed by atoms with van der Waals surface area (Å²) in [5.41, 5.74) is 0. The summed E-state index contributed by atoms with van der Waals surface area (Å²) in [5, 5.41) is 0. The van der Waals surface area contributed by atoms with Crippen LogP contribution in [-0.2, 0) is 0 Å². The van der Waals surface area contributed by atoms with E-state index in [-0.39, 0.29) is 48.4 Å². The molecule has 0 aromatic carbocycles. The Kier molecular flexibility index (Phi) is 89.1. The summed E-state index contributed by atoms with van der Waals surface area (Å²) in [6.45, 7) is 0.